The standard InChI is InChI=1S/C21H25N3O3/c1-15-6-2-3-7-16(15)12-24-13-17(10-18(14-24)21(26)27)20(25)23-11-19-8-4-5-9-22-19/h2-9,17-18H,10-14H2,1H3,(H,23,25)(H,26,27)/t17-,18+/m0/s1. The van der Waals surface area contributed by atoms with E-state index in [4.69, 9.17) is 0 Å². The summed E-state index contributed by atoms with van der Waals surface area (Å²) in [6.45, 7) is 4.08. The van der Waals surface area contributed by atoms with Gasteiger partial charge in [-0.05, 0) is 36.6 Å². The largest absolute Gasteiger partial charge is 0.481 e. The predicted octanol–water partition coefficient (Wildman–Crippen LogP) is 2.23. The van der Waals surface area contributed by atoms with Crippen LogP contribution < -0.4 is 5.32 Å². The molecule has 6 nitrogen and oxygen atoms in total. The van der Waals surface area contributed by atoms with E-state index in [9.17, 15) is 14.7 Å². The highest BCUT2D eigenvalue weighted by Gasteiger charge is 2.35. The van der Waals surface area contributed by atoms with Gasteiger partial charge in [0.1, 0.15) is 0 Å². The van der Waals surface area contributed by atoms with Crippen LogP contribution in [-0.4, -0.2) is 40.0 Å². The highest BCUT2D eigenvalue weighted by molar-refractivity contribution is 5.80. The summed E-state index contributed by atoms with van der Waals surface area (Å²) >= 11 is 0. The number of nitrogens with zero attached hydrogens (tertiary/aromatic N) is 2. The van der Waals surface area contributed by atoms with Crippen LogP contribution in [-0.2, 0) is 22.7 Å². The third-order valence-electron chi connectivity index (χ3n) is 5.07. The minimum Gasteiger partial charge on any atom is -0.481 e. The van der Waals surface area contributed by atoms with Crippen molar-refractivity contribution < 1.29 is 14.7 Å². The second-order valence-electron chi connectivity index (χ2n) is 7.13. The summed E-state index contributed by atoms with van der Waals surface area (Å²) in [5.74, 6) is -1.82. The molecule has 3 rings (SSSR count). The first kappa shape index (κ1) is 19.0. The summed E-state index contributed by atoms with van der Waals surface area (Å²) in [4.78, 5) is 30.5. The molecule has 1 fully saturated rings. The van der Waals surface area contributed by atoms with E-state index in [0.29, 0.717) is 32.6 Å². The van der Waals surface area contributed by atoms with Crippen molar-refractivity contribution in [2.75, 3.05) is 13.1 Å². The van der Waals surface area contributed by atoms with Crippen molar-refractivity contribution in [3.8, 4) is 0 Å². The molecule has 27 heavy (non-hydrogen) atoms. The Hall–Kier alpha value is -2.73. The Balaban J connectivity index is 1.65. The van der Waals surface area contributed by atoms with Gasteiger partial charge in [-0.3, -0.25) is 19.5 Å². The van der Waals surface area contributed by atoms with E-state index < -0.39 is 11.9 Å². The van der Waals surface area contributed by atoms with Crippen LogP contribution in [0.4, 0.5) is 0 Å². The molecule has 2 aromatic rings. The molecule has 0 unspecified atom stereocenters. The van der Waals surface area contributed by atoms with Crippen molar-refractivity contribution in [2.45, 2.75) is 26.4 Å². The lowest BCUT2D eigenvalue weighted by Gasteiger charge is -2.35. The third kappa shape index (κ3) is 5.14. The molecule has 2 atom stereocenters. The number of aliphatic carboxylic acids is 1. The number of pyridine rings is 1. The van der Waals surface area contributed by atoms with Gasteiger partial charge < -0.3 is 10.4 Å². The molecule has 1 aromatic heterocycles. The van der Waals surface area contributed by atoms with Crippen LogP contribution in [0, 0.1) is 18.8 Å². The number of carbonyl (C=O) groups excluding carboxylic acids is 1. The van der Waals surface area contributed by atoms with Crippen LogP contribution in [0.25, 0.3) is 0 Å². The zero-order valence-corrected chi connectivity index (χ0v) is 15.5. The number of carboxylic acid groups (broad SMARTS) is 1. The van der Waals surface area contributed by atoms with Crippen LogP contribution in [0.3, 0.4) is 0 Å². The molecule has 1 amide bonds. The molecule has 2 heterocycles. The molecule has 1 saturated heterocycles. The third-order valence-corrected chi connectivity index (χ3v) is 5.07. The molecular formula is C21H25N3O3. The van der Waals surface area contributed by atoms with Crippen molar-refractivity contribution in [2.24, 2.45) is 11.8 Å². The highest BCUT2D eigenvalue weighted by atomic mass is 16.4. The number of aromatic nitrogens is 1. The van der Waals surface area contributed by atoms with Gasteiger partial charge in [-0.1, -0.05) is 30.3 Å². The number of nitrogens with one attached hydrogen (secondary N) is 1. The van der Waals surface area contributed by atoms with E-state index in [0.717, 1.165) is 11.3 Å². The monoisotopic (exact) mass is 367 g/mol. The normalized spacial score (nSPS) is 20.2. The molecule has 1 aliphatic rings. The summed E-state index contributed by atoms with van der Waals surface area (Å²) < 4.78 is 0. The second-order valence-corrected chi connectivity index (χ2v) is 7.13. The number of piperidine rings is 1. The number of hydrogen-bond acceptors (Lipinski definition) is 4. The van der Waals surface area contributed by atoms with Crippen LogP contribution in [0.2, 0.25) is 0 Å². The number of hydrogen-bond donors (Lipinski definition) is 2. The van der Waals surface area contributed by atoms with Crippen molar-refractivity contribution in [3.63, 3.8) is 0 Å². The van der Waals surface area contributed by atoms with Gasteiger partial charge in [0.15, 0.2) is 0 Å². The van der Waals surface area contributed by atoms with Crippen molar-refractivity contribution in [3.05, 3.63) is 65.5 Å². The second kappa shape index (κ2) is 8.77. The van der Waals surface area contributed by atoms with Gasteiger partial charge in [-0.15, -0.1) is 0 Å². The molecule has 0 bridgehead atoms. The first-order valence-corrected chi connectivity index (χ1v) is 9.20. The summed E-state index contributed by atoms with van der Waals surface area (Å²) in [6.07, 6.45) is 2.06. The Morgan fingerprint density at radius 2 is 1.89 bits per heavy atom. The minimum absolute atomic E-state index is 0.110. The van der Waals surface area contributed by atoms with Gasteiger partial charge in [0, 0.05) is 25.8 Å². The minimum atomic E-state index is -0.841. The Kier molecular flexibility index (Phi) is 6.19. The number of rotatable bonds is 6. The van der Waals surface area contributed by atoms with Crippen LogP contribution in [0.5, 0.6) is 0 Å². The van der Waals surface area contributed by atoms with Gasteiger partial charge in [0.05, 0.1) is 24.1 Å². The van der Waals surface area contributed by atoms with Gasteiger partial charge >= 0.3 is 5.97 Å². The van der Waals surface area contributed by atoms with Gasteiger partial charge in [-0.2, -0.15) is 0 Å². The first-order chi connectivity index (χ1) is 13.0. The Bertz CT molecular complexity index is 794. The highest BCUT2D eigenvalue weighted by Crippen LogP contribution is 2.25. The Morgan fingerprint density at radius 3 is 2.59 bits per heavy atom. The van der Waals surface area contributed by atoms with Crippen LogP contribution >= 0.6 is 0 Å². The fourth-order valence-electron chi connectivity index (χ4n) is 3.54. The van der Waals surface area contributed by atoms with Gasteiger partial charge in [0.25, 0.3) is 0 Å². The molecule has 6 heteroatoms. The molecular weight excluding hydrogens is 342 g/mol. The summed E-state index contributed by atoms with van der Waals surface area (Å²) in [6, 6.07) is 13.6. The topological polar surface area (TPSA) is 82.5 Å². The summed E-state index contributed by atoms with van der Waals surface area (Å²) in [5, 5.41) is 12.4. The van der Waals surface area contributed by atoms with Crippen LogP contribution in [0.1, 0.15) is 23.2 Å². The lowest BCUT2D eigenvalue weighted by Crippen LogP contribution is -2.47. The number of likely N-dealkylation sites (tertiary alicyclic amines) is 1. The zero-order chi connectivity index (χ0) is 19.2. The Morgan fingerprint density at radius 1 is 1.15 bits per heavy atom. The van der Waals surface area contributed by atoms with Crippen molar-refractivity contribution in [1.29, 1.82) is 0 Å². The average Bonchev–Trinajstić information content (AvgIpc) is 2.68. The lowest BCUT2D eigenvalue weighted by molar-refractivity contribution is -0.145. The number of carbonyl (C=O) groups is 2. The van der Waals surface area contributed by atoms with Gasteiger partial charge in [-0.25, -0.2) is 0 Å². The van der Waals surface area contributed by atoms with E-state index in [1.54, 1.807) is 6.20 Å². The maximum atomic E-state index is 12.6. The van der Waals surface area contributed by atoms with Gasteiger partial charge in [0.2, 0.25) is 5.91 Å². The quantitative estimate of drug-likeness (QED) is 0.818. The van der Waals surface area contributed by atoms with E-state index >= 15 is 0 Å². The van der Waals surface area contributed by atoms with E-state index in [1.165, 1.54) is 5.56 Å². The molecule has 0 spiro atoms. The zero-order valence-electron chi connectivity index (χ0n) is 15.5. The molecule has 1 aliphatic heterocycles. The number of benzene rings is 1. The van der Waals surface area contributed by atoms with E-state index in [1.807, 2.05) is 43.3 Å². The smallest absolute Gasteiger partial charge is 0.307 e. The van der Waals surface area contributed by atoms with Crippen molar-refractivity contribution in [1.82, 2.24) is 15.2 Å². The van der Waals surface area contributed by atoms with Crippen LogP contribution in [0.15, 0.2) is 48.7 Å². The predicted molar refractivity (Wildman–Crippen MR) is 102 cm³/mol. The maximum absolute atomic E-state index is 12.6. The number of carboxylic acids is 1. The summed E-state index contributed by atoms with van der Waals surface area (Å²) in [5.41, 5.74) is 3.12. The molecule has 0 saturated carbocycles. The SMILES string of the molecule is Cc1ccccc1CN1C[C@H](C(=O)O)C[C@H](C(=O)NCc2ccccn2)C1. The van der Waals surface area contributed by atoms with E-state index in [-0.39, 0.29) is 11.8 Å². The maximum Gasteiger partial charge on any atom is 0.307 e. The average molecular weight is 367 g/mol. The first-order valence-electron chi connectivity index (χ1n) is 9.20. The molecule has 2 N–H and O–H groups in total. The number of aryl methyl sites for hydroxylation is 1. The number of amides is 1. The van der Waals surface area contributed by atoms with E-state index in [2.05, 4.69) is 21.3 Å². The van der Waals surface area contributed by atoms with Crippen molar-refractivity contribution >= 4 is 11.9 Å². The fourth-order valence-corrected chi connectivity index (χ4v) is 3.54. The molecule has 0 radical (unpaired) electrons. The lowest BCUT2D eigenvalue weighted by atomic mass is 9.88. The summed E-state index contributed by atoms with van der Waals surface area (Å²) in [7, 11) is 0. The fraction of sp³-hybridized carbons (Fsp3) is 0.381. The molecule has 1 aromatic carbocycles. The molecule has 142 valence electrons. The Labute approximate surface area is 159 Å². The molecule has 0 aliphatic carbocycles.